The Morgan fingerprint density at radius 2 is 2.16 bits per heavy atom. The summed E-state index contributed by atoms with van der Waals surface area (Å²) in [5.74, 6) is 0.512. The maximum absolute atomic E-state index is 13.8. The number of hydrogen-bond donors (Lipinski definition) is 1. The van der Waals surface area contributed by atoms with E-state index >= 15 is 0 Å². The molecule has 1 aliphatic heterocycles. The molecule has 0 unspecified atom stereocenters. The van der Waals surface area contributed by atoms with Crippen LogP contribution in [-0.2, 0) is 18.3 Å². The van der Waals surface area contributed by atoms with Crippen molar-refractivity contribution in [1.29, 1.82) is 0 Å². The van der Waals surface area contributed by atoms with E-state index in [9.17, 15) is 4.39 Å². The topological polar surface area (TPSA) is 68.1 Å². The van der Waals surface area contributed by atoms with Crippen molar-refractivity contribution in [3.63, 3.8) is 0 Å². The van der Waals surface area contributed by atoms with E-state index in [0.29, 0.717) is 6.61 Å². The summed E-state index contributed by atoms with van der Waals surface area (Å²) in [6, 6.07) is 10.8. The molecule has 1 fully saturated rings. The number of aryl methyl sites for hydroxylation is 2. The SMILES string of the molecule is Cc1nnc(Nc2cccc([C@H]3CN(Cc4cn(C)c5ccc(F)cc45)CCO3)n2)s1. The maximum atomic E-state index is 13.8. The summed E-state index contributed by atoms with van der Waals surface area (Å²) in [5.41, 5.74) is 3.03. The van der Waals surface area contributed by atoms with Crippen LogP contribution in [0.2, 0.25) is 0 Å². The van der Waals surface area contributed by atoms with Gasteiger partial charge in [0.25, 0.3) is 0 Å². The molecule has 31 heavy (non-hydrogen) atoms. The molecule has 0 spiro atoms. The summed E-state index contributed by atoms with van der Waals surface area (Å²) in [4.78, 5) is 7.07. The second-order valence-corrected chi connectivity index (χ2v) is 8.90. The van der Waals surface area contributed by atoms with Crippen LogP contribution in [0.25, 0.3) is 10.9 Å². The number of nitrogens with zero attached hydrogens (tertiary/aromatic N) is 5. The fraction of sp³-hybridized carbons (Fsp3) is 0.318. The highest BCUT2D eigenvalue weighted by Crippen LogP contribution is 2.27. The van der Waals surface area contributed by atoms with Crippen molar-refractivity contribution in [2.24, 2.45) is 7.05 Å². The van der Waals surface area contributed by atoms with Crippen molar-refractivity contribution in [1.82, 2.24) is 24.6 Å². The quantitative estimate of drug-likeness (QED) is 0.504. The normalized spacial score (nSPS) is 17.3. The van der Waals surface area contributed by atoms with Gasteiger partial charge in [-0.15, -0.1) is 10.2 Å². The second-order valence-electron chi connectivity index (χ2n) is 7.72. The molecule has 1 N–H and O–H groups in total. The molecule has 1 aromatic carbocycles. The minimum absolute atomic E-state index is 0.127. The number of benzene rings is 1. The van der Waals surface area contributed by atoms with E-state index in [1.54, 1.807) is 6.07 Å². The molecule has 7 nitrogen and oxygen atoms in total. The lowest BCUT2D eigenvalue weighted by atomic mass is 10.1. The molecule has 0 amide bonds. The molecule has 4 aromatic rings. The van der Waals surface area contributed by atoms with Gasteiger partial charge in [0, 0.05) is 43.8 Å². The number of morpholine rings is 1. The first-order valence-corrected chi connectivity index (χ1v) is 11.0. The summed E-state index contributed by atoms with van der Waals surface area (Å²) >= 11 is 1.49. The highest BCUT2D eigenvalue weighted by molar-refractivity contribution is 7.15. The van der Waals surface area contributed by atoms with Crippen LogP contribution in [0.15, 0.2) is 42.6 Å². The van der Waals surface area contributed by atoms with Gasteiger partial charge in [0.05, 0.1) is 12.3 Å². The van der Waals surface area contributed by atoms with E-state index in [-0.39, 0.29) is 11.9 Å². The molecular formula is C22H23FN6OS. The molecule has 4 heterocycles. The van der Waals surface area contributed by atoms with Gasteiger partial charge in [-0.1, -0.05) is 17.4 Å². The van der Waals surface area contributed by atoms with Crippen LogP contribution in [0, 0.1) is 12.7 Å². The first-order valence-electron chi connectivity index (χ1n) is 10.2. The molecule has 0 saturated carbocycles. The molecule has 1 atom stereocenters. The summed E-state index contributed by atoms with van der Waals surface area (Å²) < 4.78 is 21.9. The van der Waals surface area contributed by atoms with Crippen LogP contribution in [0.5, 0.6) is 0 Å². The van der Waals surface area contributed by atoms with E-state index in [1.165, 1.54) is 17.4 Å². The van der Waals surface area contributed by atoms with Crippen molar-refractivity contribution in [2.75, 3.05) is 25.0 Å². The Hall–Kier alpha value is -2.88. The molecule has 9 heteroatoms. The Kier molecular flexibility index (Phi) is 5.39. The van der Waals surface area contributed by atoms with Crippen LogP contribution in [-0.4, -0.2) is 44.3 Å². The average Bonchev–Trinajstić information content (AvgIpc) is 3.31. The van der Waals surface area contributed by atoms with Gasteiger partial charge in [-0.25, -0.2) is 9.37 Å². The van der Waals surface area contributed by atoms with Crippen LogP contribution in [0.4, 0.5) is 15.3 Å². The van der Waals surface area contributed by atoms with Crippen LogP contribution in [0.1, 0.15) is 22.4 Å². The van der Waals surface area contributed by atoms with E-state index in [2.05, 4.69) is 26.6 Å². The van der Waals surface area contributed by atoms with Crippen LogP contribution >= 0.6 is 11.3 Å². The molecule has 0 bridgehead atoms. The standard InChI is InChI=1S/C22H23FN6OS/c1-14-26-27-22(31-14)25-21-5-3-4-18(24-21)20-13-29(8-9-30-20)12-15-11-28(2)19-7-6-16(23)10-17(15)19/h3-7,10-11,20H,8-9,12-13H2,1-2H3,(H,24,25,27)/t20-/m1/s1. The third kappa shape index (κ3) is 4.30. The number of halogens is 1. The molecule has 5 rings (SSSR count). The number of ether oxygens (including phenoxy) is 1. The molecule has 160 valence electrons. The van der Waals surface area contributed by atoms with Gasteiger partial charge in [-0.3, -0.25) is 4.90 Å². The first-order chi connectivity index (χ1) is 15.0. The Bertz CT molecular complexity index is 1220. The smallest absolute Gasteiger partial charge is 0.211 e. The molecular weight excluding hydrogens is 415 g/mol. The van der Waals surface area contributed by atoms with Crippen molar-refractivity contribution >= 4 is 33.2 Å². The predicted molar refractivity (Wildman–Crippen MR) is 119 cm³/mol. The Labute approximate surface area is 183 Å². The summed E-state index contributed by atoms with van der Waals surface area (Å²) in [6.45, 7) is 4.83. The zero-order chi connectivity index (χ0) is 21.4. The Morgan fingerprint density at radius 1 is 1.26 bits per heavy atom. The molecule has 1 saturated heterocycles. The minimum atomic E-state index is -0.209. The minimum Gasteiger partial charge on any atom is -0.369 e. The van der Waals surface area contributed by atoms with Crippen LogP contribution in [0.3, 0.4) is 0 Å². The van der Waals surface area contributed by atoms with E-state index in [0.717, 1.165) is 57.8 Å². The predicted octanol–water partition coefficient (Wildman–Crippen LogP) is 4.19. The highest BCUT2D eigenvalue weighted by Gasteiger charge is 2.24. The van der Waals surface area contributed by atoms with Crippen LogP contribution < -0.4 is 5.32 Å². The zero-order valence-electron chi connectivity index (χ0n) is 17.4. The van der Waals surface area contributed by atoms with E-state index in [1.807, 2.05) is 42.8 Å². The highest BCUT2D eigenvalue weighted by atomic mass is 32.1. The van der Waals surface area contributed by atoms with E-state index < -0.39 is 0 Å². The lowest BCUT2D eigenvalue weighted by molar-refractivity contribution is -0.0348. The molecule has 0 aliphatic carbocycles. The van der Waals surface area contributed by atoms with Gasteiger partial charge in [-0.2, -0.15) is 0 Å². The summed E-state index contributed by atoms with van der Waals surface area (Å²) in [5, 5.41) is 13.9. The fourth-order valence-electron chi connectivity index (χ4n) is 3.99. The Morgan fingerprint density at radius 3 is 3.00 bits per heavy atom. The van der Waals surface area contributed by atoms with Gasteiger partial charge < -0.3 is 14.6 Å². The third-order valence-corrected chi connectivity index (χ3v) is 6.19. The molecule has 0 radical (unpaired) electrons. The number of fused-ring (bicyclic) bond motifs is 1. The maximum Gasteiger partial charge on any atom is 0.211 e. The number of rotatable bonds is 5. The zero-order valence-corrected chi connectivity index (χ0v) is 18.2. The number of pyridine rings is 1. The lowest BCUT2D eigenvalue weighted by Gasteiger charge is -2.32. The summed E-state index contributed by atoms with van der Waals surface area (Å²) in [7, 11) is 1.99. The average molecular weight is 439 g/mol. The van der Waals surface area contributed by atoms with Gasteiger partial charge in [0.1, 0.15) is 22.7 Å². The molecule has 3 aromatic heterocycles. The largest absolute Gasteiger partial charge is 0.369 e. The Balaban J connectivity index is 1.32. The fourth-order valence-corrected chi connectivity index (χ4v) is 4.59. The third-order valence-electron chi connectivity index (χ3n) is 5.44. The second kappa shape index (κ2) is 8.33. The van der Waals surface area contributed by atoms with Crippen molar-refractivity contribution in [2.45, 2.75) is 19.6 Å². The number of aromatic nitrogens is 4. The van der Waals surface area contributed by atoms with Gasteiger partial charge >= 0.3 is 0 Å². The van der Waals surface area contributed by atoms with Crippen molar-refractivity contribution in [3.05, 3.63) is 64.7 Å². The number of hydrogen-bond acceptors (Lipinski definition) is 7. The monoisotopic (exact) mass is 438 g/mol. The van der Waals surface area contributed by atoms with Gasteiger partial charge in [-0.05, 0) is 42.8 Å². The van der Waals surface area contributed by atoms with Gasteiger partial charge in [0.2, 0.25) is 5.13 Å². The number of anilines is 2. The first kappa shape index (κ1) is 20.0. The number of nitrogens with one attached hydrogen (secondary N) is 1. The summed E-state index contributed by atoms with van der Waals surface area (Å²) in [6.07, 6.45) is 1.96. The lowest BCUT2D eigenvalue weighted by Crippen LogP contribution is -2.38. The van der Waals surface area contributed by atoms with E-state index in [4.69, 9.17) is 9.72 Å². The van der Waals surface area contributed by atoms with Crippen molar-refractivity contribution < 1.29 is 9.13 Å². The van der Waals surface area contributed by atoms with Crippen molar-refractivity contribution in [3.8, 4) is 0 Å². The van der Waals surface area contributed by atoms with Gasteiger partial charge in [0.15, 0.2) is 0 Å². The molecule has 1 aliphatic rings.